The highest BCUT2D eigenvalue weighted by molar-refractivity contribution is 9.10. The minimum absolute atomic E-state index is 0.159. The highest BCUT2D eigenvalue weighted by atomic mass is 79.9. The van der Waals surface area contributed by atoms with Gasteiger partial charge in [-0.3, -0.25) is 4.79 Å². The van der Waals surface area contributed by atoms with E-state index in [0.29, 0.717) is 10.6 Å². The van der Waals surface area contributed by atoms with E-state index in [-0.39, 0.29) is 10.0 Å². The summed E-state index contributed by atoms with van der Waals surface area (Å²) < 4.78 is 13.7. The van der Waals surface area contributed by atoms with E-state index >= 15 is 0 Å². The molecule has 0 saturated carbocycles. The molecule has 2 aromatic carbocycles. The van der Waals surface area contributed by atoms with Gasteiger partial charge in [-0.15, -0.1) is 0 Å². The number of nitriles is 1. The molecular weight excluding hydrogens is 345 g/mol. The van der Waals surface area contributed by atoms with E-state index in [4.69, 9.17) is 11.6 Å². The third-order valence-electron chi connectivity index (χ3n) is 2.80. The van der Waals surface area contributed by atoms with Crippen molar-refractivity contribution in [1.29, 1.82) is 5.26 Å². The topological polar surface area (TPSA) is 40.9 Å². The molecule has 0 bridgehead atoms. The second-order valence-electron chi connectivity index (χ2n) is 4.11. The molecule has 2 rings (SSSR count). The zero-order valence-corrected chi connectivity index (χ0v) is 12.5. The van der Waals surface area contributed by atoms with Crippen LogP contribution in [0.2, 0.25) is 5.02 Å². The van der Waals surface area contributed by atoms with Gasteiger partial charge in [0, 0.05) is 10.6 Å². The molecule has 0 heterocycles. The van der Waals surface area contributed by atoms with Crippen LogP contribution in [0.5, 0.6) is 0 Å². The molecule has 0 radical (unpaired) electrons. The summed E-state index contributed by atoms with van der Waals surface area (Å²) >= 11 is 8.79. The number of ketones is 1. The van der Waals surface area contributed by atoms with Gasteiger partial charge in [0.05, 0.1) is 10.5 Å². The van der Waals surface area contributed by atoms with Gasteiger partial charge in [-0.25, -0.2) is 4.39 Å². The van der Waals surface area contributed by atoms with E-state index < -0.39 is 17.5 Å². The number of rotatable bonds is 3. The van der Waals surface area contributed by atoms with Gasteiger partial charge in [0.15, 0.2) is 5.78 Å². The minimum Gasteiger partial charge on any atom is -0.292 e. The maximum absolute atomic E-state index is 13.5. The fraction of sp³-hybridized carbons (Fsp3) is 0.0667. The van der Waals surface area contributed by atoms with Gasteiger partial charge in [0.25, 0.3) is 0 Å². The normalized spacial score (nSPS) is 11.7. The number of halogens is 3. The SMILES string of the molecule is N#CC(C(=O)c1ccc(Br)c(F)c1)c1ccc(Cl)cc1. The maximum atomic E-state index is 13.5. The summed E-state index contributed by atoms with van der Waals surface area (Å²) in [5.41, 5.74) is 0.692. The van der Waals surface area contributed by atoms with Crippen LogP contribution in [0.3, 0.4) is 0 Å². The van der Waals surface area contributed by atoms with Gasteiger partial charge in [-0.2, -0.15) is 5.26 Å². The van der Waals surface area contributed by atoms with Crippen molar-refractivity contribution in [3.05, 3.63) is 68.9 Å². The highest BCUT2D eigenvalue weighted by Crippen LogP contribution is 2.24. The van der Waals surface area contributed by atoms with Crippen molar-refractivity contribution >= 4 is 33.3 Å². The molecule has 0 aliphatic heterocycles. The van der Waals surface area contributed by atoms with E-state index in [2.05, 4.69) is 15.9 Å². The zero-order chi connectivity index (χ0) is 14.7. The first kappa shape index (κ1) is 14.7. The van der Waals surface area contributed by atoms with Gasteiger partial charge in [0.1, 0.15) is 11.7 Å². The van der Waals surface area contributed by atoms with Crippen molar-refractivity contribution in [1.82, 2.24) is 0 Å². The van der Waals surface area contributed by atoms with Gasteiger partial charge < -0.3 is 0 Å². The largest absolute Gasteiger partial charge is 0.292 e. The average Bonchev–Trinajstić information content (AvgIpc) is 2.44. The van der Waals surface area contributed by atoms with Crippen LogP contribution in [-0.4, -0.2) is 5.78 Å². The molecule has 1 atom stereocenters. The first-order valence-corrected chi connectivity index (χ1v) is 6.84. The van der Waals surface area contributed by atoms with Gasteiger partial charge >= 0.3 is 0 Å². The summed E-state index contributed by atoms with van der Waals surface area (Å²) in [5.74, 6) is -1.96. The molecule has 0 saturated heterocycles. The van der Waals surface area contributed by atoms with Crippen LogP contribution in [0.25, 0.3) is 0 Å². The molecule has 0 aromatic heterocycles. The van der Waals surface area contributed by atoms with E-state index in [1.165, 1.54) is 12.1 Å². The molecule has 100 valence electrons. The Balaban J connectivity index is 2.36. The zero-order valence-electron chi connectivity index (χ0n) is 10.1. The molecular formula is C15H8BrClFNO. The summed E-state index contributed by atoms with van der Waals surface area (Å²) in [4.78, 5) is 12.3. The van der Waals surface area contributed by atoms with Gasteiger partial charge in [-0.05, 0) is 45.8 Å². The van der Waals surface area contributed by atoms with Crippen LogP contribution < -0.4 is 0 Å². The molecule has 0 amide bonds. The van der Waals surface area contributed by atoms with Crippen LogP contribution in [0.15, 0.2) is 46.9 Å². The maximum Gasteiger partial charge on any atom is 0.184 e. The minimum atomic E-state index is -0.979. The lowest BCUT2D eigenvalue weighted by Gasteiger charge is -2.09. The molecule has 0 aliphatic carbocycles. The number of Topliss-reactive ketones (excluding diaryl/α,β-unsaturated/α-hetero) is 1. The van der Waals surface area contributed by atoms with Crippen molar-refractivity contribution in [3.8, 4) is 6.07 Å². The quantitative estimate of drug-likeness (QED) is 0.749. The first-order valence-electron chi connectivity index (χ1n) is 5.67. The molecule has 5 heteroatoms. The molecule has 1 unspecified atom stereocenters. The van der Waals surface area contributed by atoms with Crippen molar-refractivity contribution in [2.75, 3.05) is 0 Å². The number of benzene rings is 2. The molecule has 0 N–H and O–H groups in total. The Morgan fingerprint density at radius 1 is 1.25 bits per heavy atom. The summed E-state index contributed by atoms with van der Waals surface area (Å²) in [6.45, 7) is 0. The van der Waals surface area contributed by atoms with E-state index in [1.54, 1.807) is 24.3 Å². The van der Waals surface area contributed by atoms with E-state index in [1.807, 2.05) is 6.07 Å². The van der Waals surface area contributed by atoms with Crippen LogP contribution in [0, 0.1) is 17.1 Å². The molecule has 2 nitrogen and oxygen atoms in total. The lowest BCUT2D eigenvalue weighted by Crippen LogP contribution is -2.11. The summed E-state index contributed by atoms with van der Waals surface area (Å²) in [6, 6.07) is 12.4. The lowest BCUT2D eigenvalue weighted by molar-refractivity contribution is 0.0978. The van der Waals surface area contributed by atoms with Crippen LogP contribution in [0.4, 0.5) is 4.39 Å². The summed E-state index contributed by atoms with van der Waals surface area (Å²) in [7, 11) is 0. The fourth-order valence-electron chi connectivity index (χ4n) is 1.76. The monoisotopic (exact) mass is 351 g/mol. The Kier molecular flexibility index (Phi) is 4.53. The third-order valence-corrected chi connectivity index (χ3v) is 3.69. The Bertz CT molecular complexity index is 694. The number of hydrogen-bond acceptors (Lipinski definition) is 2. The second-order valence-corrected chi connectivity index (χ2v) is 5.40. The molecule has 0 spiro atoms. The van der Waals surface area contributed by atoms with Crippen molar-refractivity contribution in [2.45, 2.75) is 5.92 Å². The number of nitrogens with zero attached hydrogens (tertiary/aromatic N) is 1. The number of carbonyl (C=O) groups is 1. The Morgan fingerprint density at radius 3 is 2.45 bits per heavy atom. The van der Waals surface area contributed by atoms with Crippen molar-refractivity contribution in [3.63, 3.8) is 0 Å². The second kappa shape index (κ2) is 6.17. The number of hydrogen-bond donors (Lipinski definition) is 0. The predicted molar refractivity (Wildman–Crippen MR) is 78.2 cm³/mol. The Hall–Kier alpha value is -1.70. The van der Waals surface area contributed by atoms with Crippen molar-refractivity contribution in [2.24, 2.45) is 0 Å². The van der Waals surface area contributed by atoms with Gasteiger partial charge in [-0.1, -0.05) is 29.8 Å². The summed E-state index contributed by atoms with van der Waals surface area (Å²) in [5, 5.41) is 9.72. The fourth-order valence-corrected chi connectivity index (χ4v) is 2.13. The average molecular weight is 353 g/mol. The Morgan fingerprint density at radius 2 is 1.90 bits per heavy atom. The molecule has 20 heavy (non-hydrogen) atoms. The standard InChI is InChI=1S/C15H8BrClFNO/c16-13-6-3-10(7-14(13)18)15(20)12(8-19)9-1-4-11(17)5-2-9/h1-7,12H. The highest BCUT2D eigenvalue weighted by Gasteiger charge is 2.22. The smallest absolute Gasteiger partial charge is 0.184 e. The Labute approximate surface area is 128 Å². The van der Waals surface area contributed by atoms with Crippen LogP contribution >= 0.6 is 27.5 Å². The first-order chi connectivity index (χ1) is 9.52. The summed E-state index contributed by atoms with van der Waals surface area (Å²) in [6.07, 6.45) is 0. The van der Waals surface area contributed by atoms with Crippen molar-refractivity contribution < 1.29 is 9.18 Å². The molecule has 2 aromatic rings. The third kappa shape index (κ3) is 3.06. The van der Waals surface area contributed by atoms with Crippen LogP contribution in [-0.2, 0) is 0 Å². The lowest BCUT2D eigenvalue weighted by atomic mass is 9.92. The van der Waals surface area contributed by atoms with Gasteiger partial charge in [0.2, 0.25) is 0 Å². The predicted octanol–water partition coefficient (Wildman–Crippen LogP) is 4.73. The van der Waals surface area contributed by atoms with Crippen LogP contribution in [0.1, 0.15) is 21.8 Å². The molecule has 0 fully saturated rings. The van der Waals surface area contributed by atoms with E-state index in [0.717, 1.165) is 6.07 Å². The number of carbonyl (C=O) groups excluding carboxylic acids is 1. The molecule has 0 aliphatic rings. The van der Waals surface area contributed by atoms with E-state index in [9.17, 15) is 14.4 Å².